The van der Waals surface area contributed by atoms with Gasteiger partial charge in [-0.05, 0) is 24.3 Å². The molecular formula is C13H18N4S2. The molecule has 1 atom stereocenters. The van der Waals surface area contributed by atoms with Gasteiger partial charge in [0.05, 0.1) is 6.04 Å². The van der Waals surface area contributed by atoms with Gasteiger partial charge in [0.1, 0.15) is 0 Å². The highest BCUT2D eigenvalue weighted by Gasteiger charge is 2.26. The van der Waals surface area contributed by atoms with E-state index in [1.165, 1.54) is 4.88 Å². The Kier molecular flexibility index (Phi) is 3.79. The van der Waals surface area contributed by atoms with Gasteiger partial charge in [-0.1, -0.05) is 31.7 Å². The van der Waals surface area contributed by atoms with Crippen molar-refractivity contribution in [2.24, 2.45) is 0 Å². The van der Waals surface area contributed by atoms with E-state index >= 15 is 0 Å². The Balaban J connectivity index is 1.88. The molecule has 2 aromatic rings. The van der Waals surface area contributed by atoms with Crippen molar-refractivity contribution in [3.05, 3.63) is 28.2 Å². The van der Waals surface area contributed by atoms with Crippen LogP contribution in [0, 0.1) is 0 Å². The van der Waals surface area contributed by atoms with Crippen molar-refractivity contribution in [1.29, 1.82) is 0 Å². The summed E-state index contributed by atoms with van der Waals surface area (Å²) in [4.78, 5) is 1.38. The van der Waals surface area contributed by atoms with Crippen LogP contribution in [0.1, 0.15) is 49.4 Å². The molecule has 3 rings (SSSR count). The van der Waals surface area contributed by atoms with Crippen molar-refractivity contribution in [3.63, 3.8) is 0 Å². The molecule has 1 N–H and O–H groups in total. The molecule has 0 fully saturated rings. The molecule has 0 saturated heterocycles. The maximum absolute atomic E-state index is 4.39. The van der Waals surface area contributed by atoms with E-state index in [2.05, 4.69) is 51.7 Å². The Hall–Kier alpha value is -1.01. The number of hydrogen-bond acceptors (Lipinski definition) is 5. The zero-order valence-corrected chi connectivity index (χ0v) is 12.8. The summed E-state index contributed by atoms with van der Waals surface area (Å²) in [5, 5.41) is 11.8. The van der Waals surface area contributed by atoms with Crippen molar-refractivity contribution in [2.45, 2.75) is 43.8 Å². The van der Waals surface area contributed by atoms with E-state index in [-0.39, 0.29) is 0 Å². The molecule has 1 aliphatic rings. The van der Waals surface area contributed by atoms with Crippen LogP contribution in [0.25, 0.3) is 0 Å². The van der Waals surface area contributed by atoms with Crippen molar-refractivity contribution in [2.75, 3.05) is 11.2 Å². The van der Waals surface area contributed by atoms with Crippen LogP contribution in [0.4, 0.5) is 0 Å². The van der Waals surface area contributed by atoms with Crippen LogP contribution in [0.3, 0.4) is 0 Å². The molecule has 19 heavy (non-hydrogen) atoms. The number of fused-ring (bicyclic) bond motifs is 1. The van der Waals surface area contributed by atoms with Crippen LogP contribution >= 0.6 is 23.1 Å². The van der Waals surface area contributed by atoms with Gasteiger partial charge in [-0.3, -0.25) is 0 Å². The number of aromatic nitrogens is 3. The lowest BCUT2D eigenvalue weighted by molar-refractivity contribution is 0.549. The first-order valence-corrected chi connectivity index (χ1v) is 8.58. The van der Waals surface area contributed by atoms with Crippen LogP contribution in [0.15, 0.2) is 22.7 Å². The fourth-order valence-electron chi connectivity index (χ4n) is 2.40. The van der Waals surface area contributed by atoms with Crippen molar-refractivity contribution < 1.29 is 0 Å². The van der Waals surface area contributed by atoms with Gasteiger partial charge >= 0.3 is 0 Å². The van der Waals surface area contributed by atoms with Crippen molar-refractivity contribution >= 4 is 23.1 Å². The maximum Gasteiger partial charge on any atom is 0.210 e. The second kappa shape index (κ2) is 5.54. The van der Waals surface area contributed by atoms with E-state index < -0.39 is 0 Å². The Morgan fingerprint density at radius 2 is 2.26 bits per heavy atom. The minimum atomic E-state index is 0.363. The van der Waals surface area contributed by atoms with Gasteiger partial charge in [0.25, 0.3) is 0 Å². The van der Waals surface area contributed by atoms with Crippen LogP contribution < -0.4 is 5.43 Å². The van der Waals surface area contributed by atoms with Gasteiger partial charge in [-0.15, -0.1) is 21.5 Å². The summed E-state index contributed by atoms with van der Waals surface area (Å²) in [6.45, 7) is 4.42. The lowest BCUT2D eigenvalue weighted by Crippen LogP contribution is -2.29. The van der Waals surface area contributed by atoms with E-state index in [9.17, 15) is 0 Å². The number of thioether (sulfide) groups is 1. The Bertz CT molecular complexity index is 531. The predicted molar refractivity (Wildman–Crippen MR) is 80.5 cm³/mol. The molecule has 1 unspecified atom stereocenters. The molecule has 0 saturated carbocycles. The first-order chi connectivity index (χ1) is 9.33. The lowest BCUT2D eigenvalue weighted by atomic mass is 10.0. The zero-order valence-electron chi connectivity index (χ0n) is 11.2. The molecule has 0 aromatic carbocycles. The van der Waals surface area contributed by atoms with E-state index in [0.717, 1.165) is 29.6 Å². The Morgan fingerprint density at radius 3 is 2.95 bits per heavy atom. The third kappa shape index (κ3) is 2.39. The normalized spacial score (nSPS) is 18.4. The summed E-state index contributed by atoms with van der Waals surface area (Å²) in [6.07, 6.45) is 2.20. The standard InChI is InChI=1S/C13H18N4S2/c1-3-9(4-2)12-14-15-13-17(12)16-10(8-19-13)11-6-5-7-18-11/h5-7,9-10,16H,3-4,8H2,1-2H3. The molecule has 0 bridgehead atoms. The van der Waals surface area contributed by atoms with Crippen LogP contribution in [0.5, 0.6) is 0 Å². The van der Waals surface area contributed by atoms with Gasteiger partial charge < -0.3 is 5.43 Å². The summed E-state index contributed by atoms with van der Waals surface area (Å²) in [5.74, 6) is 2.58. The number of nitrogens with one attached hydrogen (secondary N) is 1. The Morgan fingerprint density at radius 1 is 1.42 bits per heavy atom. The van der Waals surface area contributed by atoms with E-state index in [1.54, 1.807) is 23.1 Å². The molecule has 0 radical (unpaired) electrons. The van der Waals surface area contributed by atoms with Crippen molar-refractivity contribution in [3.8, 4) is 0 Å². The predicted octanol–water partition coefficient (Wildman–Crippen LogP) is 3.63. The second-order valence-corrected chi connectivity index (χ2v) is 6.66. The summed E-state index contributed by atoms with van der Waals surface area (Å²) in [6, 6.07) is 4.66. The average Bonchev–Trinajstić information content (AvgIpc) is 3.09. The zero-order chi connectivity index (χ0) is 13.2. The molecule has 1 aliphatic heterocycles. The largest absolute Gasteiger partial charge is 0.313 e. The monoisotopic (exact) mass is 294 g/mol. The molecule has 4 nitrogen and oxygen atoms in total. The maximum atomic E-state index is 4.39. The van der Waals surface area contributed by atoms with Gasteiger partial charge in [0.2, 0.25) is 5.16 Å². The van der Waals surface area contributed by atoms with Gasteiger partial charge in [0, 0.05) is 16.5 Å². The van der Waals surface area contributed by atoms with Crippen LogP contribution in [0.2, 0.25) is 0 Å². The highest BCUT2D eigenvalue weighted by molar-refractivity contribution is 7.99. The third-order valence-electron chi connectivity index (χ3n) is 3.56. The fraction of sp³-hybridized carbons (Fsp3) is 0.538. The Labute approximate surface area is 121 Å². The second-order valence-electron chi connectivity index (χ2n) is 4.70. The summed E-state index contributed by atoms with van der Waals surface area (Å²) in [7, 11) is 0. The third-order valence-corrected chi connectivity index (χ3v) is 5.57. The quantitative estimate of drug-likeness (QED) is 0.935. The SMILES string of the molecule is CCC(CC)c1nnc2n1NC(c1cccs1)CS2. The summed E-state index contributed by atoms with van der Waals surface area (Å²) in [5.41, 5.74) is 3.58. The fourth-order valence-corrected chi connectivity index (χ4v) is 4.22. The first kappa shape index (κ1) is 13.0. The summed E-state index contributed by atoms with van der Waals surface area (Å²) >= 11 is 3.59. The van der Waals surface area contributed by atoms with Gasteiger partial charge in [-0.25, -0.2) is 4.68 Å². The lowest BCUT2D eigenvalue weighted by Gasteiger charge is -2.26. The average molecular weight is 294 g/mol. The first-order valence-electron chi connectivity index (χ1n) is 6.71. The highest BCUT2D eigenvalue weighted by atomic mass is 32.2. The minimum absolute atomic E-state index is 0.363. The van der Waals surface area contributed by atoms with E-state index in [1.807, 2.05) is 0 Å². The van der Waals surface area contributed by atoms with Gasteiger partial charge in [0.15, 0.2) is 5.82 Å². The number of nitrogens with zero attached hydrogens (tertiary/aromatic N) is 3. The van der Waals surface area contributed by atoms with Gasteiger partial charge in [-0.2, -0.15) is 0 Å². The number of rotatable bonds is 4. The topological polar surface area (TPSA) is 42.7 Å². The molecule has 102 valence electrons. The molecule has 0 spiro atoms. The van der Waals surface area contributed by atoms with Crippen LogP contribution in [-0.4, -0.2) is 20.6 Å². The van der Waals surface area contributed by atoms with E-state index in [0.29, 0.717) is 12.0 Å². The van der Waals surface area contributed by atoms with Crippen LogP contribution in [-0.2, 0) is 0 Å². The molecule has 3 heterocycles. The molecule has 0 amide bonds. The summed E-state index contributed by atoms with van der Waals surface area (Å²) < 4.78 is 2.11. The smallest absolute Gasteiger partial charge is 0.210 e. The minimum Gasteiger partial charge on any atom is -0.313 e. The molecule has 0 aliphatic carbocycles. The molecular weight excluding hydrogens is 276 g/mol. The highest BCUT2D eigenvalue weighted by Crippen LogP contribution is 2.34. The molecule has 2 aromatic heterocycles. The number of hydrogen-bond donors (Lipinski definition) is 1. The number of thiophene rings is 1. The molecule has 6 heteroatoms. The van der Waals surface area contributed by atoms with E-state index in [4.69, 9.17) is 0 Å². The van der Waals surface area contributed by atoms with Crippen molar-refractivity contribution in [1.82, 2.24) is 14.9 Å².